The lowest BCUT2D eigenvalue weighted by atomic mass is 10.0. The minimum absolute atomic E-state index is 0.0244. The zero-order valence-corrected chi connectivity index (χ0v) is 17.1. The fourth-order valence-electron chi connectivity index (χ4n) is 3.65. The Morgan fingerprint density at radius 2 is 1.69 bits per heavy atom. The van der Waals surface area contributed by atoms with Crippen molar-refractivity contribution in [3.8, 4) is 0 Å². The second-order valence-corrected chi connectivity index (χ2v) is 10.2. The van der Waals surface area contributed by atoms with Crippen LogP contribution in [-0.4, -0.2) is 41.1 Å². The van der Waals surface area contributed by atoms with Crippen LogP contribution in [0.3, 0.4) is 0 Å². The van der Waals surface area contributed by atoms with E-state index in [0.717, 1.165) is 5.56 Å². The number of benzene rings is 1. The Kier molecular flexibility index (Phi) is 5.20. The van der Waals surface area contributed by atoms with Crippen LogP contribution in [0.2, 0.25) is 0 Å². The van der Waals surface area contributed by atoms with Gasteiger partial charge in [0.25, 0.3) is 10.0 Å². The van der Waals surface area contributed by atoms with Crippen LogP contribution in [0, 0.1) is 11.3 Å². The zero-order chi connectivity index (χ0) is 20.1. The Labute approximate surface area is 159 Å². The van der Waals surface area contributed by atoms with Gasteiger partial charge in [-0.25, -0.2) is 13.2 Å². The van der Waals surface area contributed by atoms with Gasteiger partial charge in [0, 0.05) is 5.92 Å². The topological polar surface area (TPSA) is 91.8 Å². The normalized spacial score (nSPS) is 21.9. The Balaban J connectivity index is 2.36. The molecular formula is C18H24ClNO5S. The van der Waals surface area contributed by atoms with Gasteiger partial charge in [-0.3, -0.25) is 4.79 Å². The van der Waals surface area contributed by atoms with Crippen molar-refractivity contribution in [2.45, 2.75) is 51.0 Å². The van der Waals surface area contributed by atoms with Crippen molar-refractivity contribution in [2.24, 2.45) is 11.3 Å². The summed E-state index contributed by atoms with van der Waals surface area (Å²) in [4.78, 5) is 23.4. The molecule has 2 rings (SSSR count). The minimum Gasteiger partial charge on any atom is -0.464 e. The zero-order valence-electron chi connectivity index (χ0n) is 15.5. The molecule has 144 valence electrons. The maximum Gasteiger partial charge on any atom is 0.421 e. The molecule has 1 N–H and O–H groups in total. The molecule has 8 heteroatoms. The molecule has 0 heterocycles. The summed E-state index contributed by atoms with van der Waals surface area (Å²) < 4.78 is 25.9. The van der Waals surface area contributed by atoms with E-state index < -0.39 is 21.7 Å². The molecule has 0 aliphatic heterocycles. The van der Waals surface area contributed by atoms with Crippen LogP contribution < -0.4 is 0 Å². The fraction of sp³-hybridized carbons (Fsp3) is 0.556. The molecular weight excluding hydrogens is 378 g/mol. The van der Waals surface area contributed by atoms with Gasteiger partial charge in [-0.15, -0.1) is 11.6 Å². The number of hydrogen-bond acceptors (Lipinski definition) is 4. The van der Waals surface area contributed by atoms with Gasteiger partial charge in [0.2, 0.25) is 0 Å². The first-order valence-electron chi connectivity index (χ1n) is 8.23. The number of sulfonamides is 1. The first-order chi connectivity index (χ1) is 11.8. The number of alkyl halides is 1. The van der Waals surface area contributed by atoms with Crippen LogP contribution in [0.25, 0.3) is 0 Å². The number of carboxylic acid groups (broad SMARTS) is 1. The molecule has 1 aromatic carbocycles. The average Bonchev–Trinajstić information content (AvgIpc) is 3.06. The standard InChI is InChI=1S/C18H24ClNO5S/c1-17(2,3)20(16(22)23)26(24,25)12-8-6-11(7-9-12)14-15(13(21)10-19)18(14,4)5/h6-9,14-15H,10H2,1-5H3,(H,22,23)/t14-,15-/m0/s1. The number of amides is 1. The molecule has 0 radical (unpaired) electrons. The summed E-state index contributed by atoms with van der Waals surface area (Å²) in [6, 6.07) is 6.07. The summed E-state index contributed by atoms with van der Waals surface area (Å²) in [6.07, 6.45) is -1.53. The quantitative estimate of drug-likeness (QED) is 0.759. The van der Waals surface area contributed by atoms with Gasteiger partial charge in [0.15, 0.2) is 5.78 Å². The third kappa shape index (κ3) is 3.47. The number of Topliss-reactive ketones (excluding diaryl/α,β-unsaturated/α-hetero) is 1. The van der Waals surface area contributed by atoms with Crippen molar-refractivity contribution in [3.05, 3.63) is 29.8 Å². The second kappa shape index (κ2) is 6.53. The van der Waals surface area contributed by atoms with Gasteiger partial charge in [-0.2, -0.15) is 4.31 Å². The van der Waals surface area contributed by atoms with Crippen LogP contribution in [0.4, 0.5) is 4.79 Å². The maximum atomic E-state index is 12.7. The highest BCUT2D eigenvalue weighted by atomic mass is 35.5. The number of rotatable bonds is 5. The van der Waals surface area contributed by atoms with Crippen LogP contribution in [0.5, 0.6) is 0 Å². The van der Waals surface area contributed by atoms with Crippen LogP contribution in [0.15, 0.2) is 29.2 Å². The van der Waals surface area contributed by atoms with Crippen molar-refractivity contribution >= 4 is 33.5 Å². The smallest absolute Gasteiger partial charge is 0.421 e. The summed E-state index contributed by atoms with van der Waals surface area (Å²) in [5.41, 5.74) is -0.500. The molecule has 0 aromatic heterocycles. The molecule has 0 unspecified atom stereocenters. The van der Waals surface area contributed by atoms with Crippen LogP contribution in [-0.2, 0) is 14.8 Å². The third-order valence-corrected chi connectivity index (χ3v) is 7.18. The molecule has 0 saturated heterocycles. The second-order valence-electron chi connectivity index (χ2n) is 8.17. The van der Waals surface area contributed by atoms with E-state index in [1.165, 1.54) is 32.9 Å². The molecule has 1 saturated carbocycles. The van der Waals surface area contributed by atoms with Gasteiger partial charge < -0.3 is 5.11 Å². The number of hydrogen-bond donors (Lipinski definition) is 1. The van der Waals surface area contributed by atoms with E-state index in [4.69, 9.17) is 11.6 Å². The van der Waals surface area contributed by atoms with E-state index in [1.54, 1.807) is 12.1 Å². The number of nitrogens with zero attached hydrogens (tertiary/aromatic N) is 1. The van der Waals surface area contributed by atoms with Gasteiger partial charge in [-0.1, -0.05) is 26.0 Å². The molecule has 2 atom stereocenters. The molecule has 1 fully saturated rings. The summed E-state index contributed by atoms with van der Waals surface area (Å²) in [5, 5.41) is 9.35. The lowest BCUT2D eigenvalue weighted by molar-refractivity contribution is -0.118. The highest BCUT2D eigenvalue weighted by molar-refractivity contribution is 7.89. The van der Waals surface area contributed by atoms with Crippen molar-refractivity contribution < 1.29 is 23.1 Å². The monoisotopic (exact) mass is 401 g/mol. The number of halogens is 1. The molecule has 1 aliphatic rings. The highest BCUT2D eigenvalue weighted by Crippen LogP contribution is 2.64. The molecule has 26 heavy (non-hydrogen) atoms. The van der Waals surface area contributed by atoms with Crippen molar-refractivity contribution in [1.29, 1.82) is 0 Å². The Morgan fingerprint density at radius 1 is 1.19 bits per heavy atom. The van der Waals surface area contributed by atoms with E-state index in [0.29, 0.717) is 4.31 Å². The lowest BCUT2D eigenvalue weighted by Gasteiger charge is -2.31. The molecule has 0 spiro atoms. The van der Waals surface area contributed by atoms with Gasteiger partial charge in [0.05, 0.1) is 16.3 Å². The molecule has 1 aromatic rings. The van der Waals surface area contributed by atoms with Gasteiger partial charge >= 0.3 is 6.09 Å². The maximum absolute atomic E-state index is 12.7. The summed E-state index contributed by atoms with van der Waals surface area (Å²) in [7, 11) is -4.20. The lowest BCUT2D eigenvalue weighted by Crippen LogP contribution is -2.48. The van der Waals surface area contributed by atoms with Crippen molar-refractivity contribution in [1.82, 2.24) is 4.31 Å². The number of carbonyl (C=O) groups excluding carboxylic acids is 1. The van der Waals surface area contributed by atoms with E-state index in [1.807, 2.05) is 13.8 Å². The predicted octanol–water partition coefficient (Wildman–Crippen LogP) is 3.70. The summed E-state index contributed by atoms with van der Waals surface area (Å²) in [5.74, 6) is -0.282. The van der Waals surface area contributed by atoms with Crippen LogP contribution >= 0.6 is 11.6 Å². The molecule has 6 nitrogen and oxygen atoms in total. The van der Waals surface area contributed by atoms with Crippen molar-refractivity contribution in [3.63, 3.8) is 0 Å². The fourth-order valence-corrected chi connectivity index (χ4v) is 5.43. The molecule has 0 bridgehead atoms. The number of ketones is 1. The number of carbonyl (C=O) groups is 2. The van der Waals surface area contributed by atoms with E-state index in [2.05, 4.69) is 0 Å². The first-order valence-corrected chi connectivity index (χ1v) is 10.2. The summed E-state index contributed by atoms with van der Waals surface area (Å²) >= 11 is 5.67. The van der Waals surface area contributed by atoms with Gasteiger partial charge in [-0.05, 0) is 49.8 Å². The predicted molar refractivity (Wildman–Crippen MR) is 99.0 cm³/mol. The Bertz CT molecular complexity index is 824. The Morgan fingerprint density at radius 3 is 2.08 bits per heavy atom. The summed E-state index contributed by atoms with van der Waals surface area (Å²) in [6.45, 7) is 8.50. The first kappa shape index (κ1) is 20.7. The Hall–Kier alpha value is -1.60. The minimum atomic E-state index is -4.20. The highest BCUT2D eigenvalue weighted by Gasteiger charge is 2.61. The third-order valence-electron chi connectivity index (χ3n) is 4.87. The molecule has 1 aliphatic carbocycles. The van der Waals surface area contributed by atoms with Crippen molar-refractivity contribution in [2.75, 3.05) is 5.88 Å². The average molecular weight is 402 g/mol. The largest absolute Gasteiger partial charge is 0.464 e. The van der Waals surface area contributed by atoms with Gasteiger partial charge in [0.1, 0.15) is 0 Å². The van der Waals surface area contributed by atoms with E-state index in [-0.39, 0.29) is 33.8 Å². The SMILES string of the molecule is CC1(C)[C@@H](C(=O)CCl)[C@@H]1c1ccc(S(=O)(=O)N(C(=O)O)C(C)(C)C)cc1. The van der Waals surface area contributed by atoms with Crippen LogP contribution in [0.1, 0.15) is 46.1 Å². The molecule has 1 amide bonds. The van der Waals surface area contributed by atoms with E-state index in [9.17, 15) is 23.1 Å². The van der Waals surface area contributed by atoms with E-state index >= 15 is 0 Å².